The molecule has 2 heterocycles. The van der Waals surface area contributed by atoms with Crippen LogP contribution in [0.2, 0.25) is 0 Å². The van der Waals surface area contributed by atoms with Crippen molar-refractivity contribution in [1.29, 1.82) is 0 Å². The Hall–Kier alpha value is -1.99. The van der Waals surface area contributed by atoms with Gasteiger partial charge in [-0.1, -0.05) is 6.07 Å². The minimum Gasteiger partial charge on any atom is -0.357 e. The third-order valence-electron chi connectivity index (χ3n) is 3.81. The molecule has 0 radical (unpaired) electrons. The van der Waals surface area contributed by atoms with E-state index in [9.17, 15) is 12.8 Å². The van der Waals surface area contributed by atoms with E-state index in [0.29, 0.717) is 0 Å². The molecule has 5 nitrogen and oxygen atoms in total. The second-order valence-corrected chi connectivity index (χ2v) is 7.27. The van der Waals surface area contributed by atoms with E-state index in [1.54, 1.807) is 12.3 Å². The molecule has 23 heavy (non-hydrogen) atoms. The van der Waals surface area contributed by atoms with Crippen LogP contribution in [0.4, 0.5) is 10.2 Å². The number of aromatic nitrogens is 1. The van der Waals surface area contributed by atoms with Crippen molar-refractivity contribution in [2.24, 2.45) is 0 Å². The Morgan fingerprint density at radius 1 is 1.17 bits per heavy atom. The van der Waals surface area contributed by atoms with Crippen molar-refractivity contribution in [3.05, 3.63) is 54.0 Å². The summed E-state index contributed by atoms with van der Waals surface area (Å²) in [5.74, 6) is 0.290. The van der Waals surface area contributed by atoms with Gasteiger partial charge in [-0.05, 0) is 48.7 Å². The summed E-state index contributed by atoms with van der Waals surface area (Å²) >= 11 is 0. The van der Waals surface area contributed by atoms with E-state index in [4.69, 9.17) is 0 Å². The fourth-order valence-electron chi connectivity index (χ4n) is 2.59. The van der Waals surface area contributed by atoms with Gasteiger partial charge in [0.05, 0.1) is 4.90 Å². The summed E-state index contributed by atoms with van der Waals surface area (Å²) in [6, 6.07) is 8.62. The zero-order valence-corrected chi connectivity index (χ0v) is 13.4. The normalized spacial score (nSPS) is 15.1. The fraction of sp³-hybridized carbons (Fsp3) is 0.312. The summed E-state index contributed by atoms with van der Waals surface area (Å²) in [7, 11) is -3.74. The molecule has 0 bridgehead atoms. The molecule has 2 aromatic rings. The molecule has 1 saturated heterocycles. The van der Waals surface area contributed by atoms with Crippen LogP contribution in [0.15, 0.2) is 47.5 Å². The SMILES string of the molecule is O=S(=O)(NCc1ccnc(N2CCCC2)c1)c1cccc(F)c1. The molecule has 122 valence electrons. The standard InChI is InChI=1S/C16H18FN3O2S/c17-14-4-3-5-15(11-14)23(21,22)19-12-13-6-7-18-16(10-13)20-8-1-2-9-20/h3-7,10-11,19H,1-2,8-9,12H2. The van der Waals surface area contributed by atoms with Crippen LogP contribution in [0.25, 0.3) is 0 Å². The number of nitrogens with one attached hydrogen (secondary N) is 1. The highest BCUT2D eigenvalue weighted by Crippen LogP contribution is 2.19. The molecule has 0 spiro atoms. The molecule has 1 aliphatic rings. The first-order chi connectivity index (χ1) is 11.0. The van der Waals surface area contributed by atoms with Crippen LogP contribution >= 0.6 is 0 Å². The molecule has 1 N–H and O–H groups in total. The zero-order valence-electron chi connectivity index (χ0n) is 12.6. The third-order valence-corrected chi connectivity index (χ3v) is 5.21. The second-order valence-electron chi connectivity index (χ2n) is 5.50. The highest BCUT2D eigenvalue weighted by Gasteiger charge is 2.16. The zero-order chi connectivity index (χ0) is 16.3. The predicted molar refractivity (Wildman–Crippen MR) is 86.1 cm³/mol. The number of hydrogen-bond donors (Lipinski definition) is 1. The van der Waals surface area contributed by atoms with E-state index < -0.39 is 15.8 Å². The number of anilines is 1. The molecular weight excluding hydrogens is 317 g/mol. The lowest BCUT2D eigenvalue weighted by molar-refractivity contribution is 0.577. The molecule has 0 aliphatic carbocycles. The summed E-state index contributed by atoms with van der Waals surface area (Å²) < 4.78 is 40.1. The monoisotopic (exact) mass is 335 g/mol. The lowest BCUT2D eigenvalue weighted by atomic mass is 10.2. The number of hydrogen-bond acceptors (Lipinski definition) is 4. The van der Waals surface area contributed by atoms with Crippen molar-refractivity contribution in [2.75, 3.05) is 18.0 Å². The minimum absolute atomic E-state index is 0.0775. The summed E-state index contributed by atoms with van der Waals surface area (Å²) in [4.78, 5) is 6.44. The highest BCUT2D eigenvalue weighted by molar-refractivity contribution is 7.89. The average Bonchev–Trinajstić information content (AvgIpc) is 3.08. The van der Waals surface area contributed by atoms with Gasteiger partial charge in [-0.2, -0.15) is 0 Å². The van der Waals surface area contributed by atoms with Crippen LogP contribution < -0.4 is 9.62 Å². The number of nitrogens with zero attached hydrogens (tertiary/aromatic N) is 2. The lowest BCUT2D eigenvalue weighted by Crippen LogP contribution is -2.24. The van der Waals surface area contributed by atoms with Crippen molar-refractivity contribution in [1.82, 2.24) is 9.71 Å². The van der Waals surface area contributed by atoms with E-state index in [1.807, 2.05) is 6.07 Å². The van der Waals surface area contributed by atoms with E-state index in [0.717, 1.165) is 43.4 Å². The van der Waals surface area contributed by atoms with E-state index in [1.165, 1.54) is 18.2 Å². The molecule has 3 rings (SSSR count). The second kappa shape index (κ2) is 6.64. The van der Waals surface area contributed by atoms with E-state index in [-0.39, 0.29) is 11.4 Å². The Bertz CT molecular complexity index is 789. The first kappa shape index (κ1) is 15.9. The van der Waals surface area contributed by atoms with Crippen LogP contribution in [0.1, 0.15) is 18.4 Å². The van der Waals surface area contributed by atoms with Crippen molar-refractivity contribution in [3.8, 4) is 0 Å². The Kier molecular flexibility index (Phi) is 4.58. The van der Waals surface area contributed by atoms with Gasteiger partial charge in [-0.25, -0.2) is 22.5 Å². The largest absolute Gasteiger partial charge is 0.357 e. The lowest BCUT2D eigenvalue weighted by Gasteiger charge is -2.17. The number of sulfonamides is 1. The topological polar surface area (TPSA) is 62.3 Å². The van der Waals surface area contributed by atoms with Gasteiger partial charge in [0, 0.05) is 25.8 Å². The first-order valence-corrected chi connectivity index (χ1v) is 8.98. The van der Waals surface area contributed by atoms with Crippen LogP contribution in [0, 0.1) is 5.82 Å². The van der Waals surface area contributed by atoms with Crippen LogP contribution in [-0.2, 0) is 16.6 Å². The number of rotatable bonds is 5. The van der Waals surface area contributed by atoms with Crippen LogP contribution in [0.5, 0.6) is 0 Å². The van der Waals surface area contributed by atoms with Crippen molar-refractivity contribution in [3.63, 3.8) is 0 Å². The molecule has 1 aliphatic heterocycles. The fourth-order valence-corrected chi connectivity index (χ4v) is 3.63. The van der Waals surface area contributed by atoms with Gasteiger partial charge >= 0.3 is 0 Å². The van der Waals surface area contributed by atoms with Crippen LogP contribution in [-0.4, -0.2) is 26.5 Å². The third kappa shape index (κ3) is 3.86. The van der Waals surface area contributed by atoms with Gasteiger partial charge in [0.1, 0.15) is 11.6 Å². The van der Waals surface area contributed by atoms with Gasteiger partial charge in [0.2, 0.25) is 10.0 Å². The maximum absolute atomic E-state index is 13.2. The Labute approximate surface area is 135 Å². The minimum atomic E-state index is -3.74. The number of benzene rings is 1. The van der Waals surface area contributed by atoms with Gasteiger partial charge in [-0.3, -0.25) is 0 Å². The average molecular weight is 335 g/mol. The molecule has 1 aromatic heterocycles. The van der Waals surface area contributed by atoms with Crippen LogP contribution in [0.3, 0.4) is 0 Å². The maximum Gasteiger partial charge on any atom is 0.240 e. The van der Waals surface area contributed by atoms with Crippen molar-refractivity contribution < 1.29 is 12.8 Å². The summed E-state index contributed by atoms with van der Waals surface area (Å²) in [6.07, 6.45) is 3.98. The molecule has 0 atom stereocenters. The molecule has 7 heteroatoms. The molecule has 1 aromatic carbocycles. The smallest absolute Gasteiger partial charge is 0.240 e. The molecule has 0 saturated carbocycles. The van der Waals surface area contributed by atoms with Gasteiger partial charge in [-0.15, -0.1) is 0 Å². The highest BCUT2D eigenvalue weighted by atomic mass is 32.2. The van der Waals surface area contributed by atoms with Gasteiger partial charge in [0.25, 0.3) is 0 Å². The Morgan fingerprint density at radius 2 is 1.96 bits per heavy atom. The summed E-state index contributed by atoms with van der Waals surface area (Å²) in [5.41, 5.74) is 0.821. The Balaban J connectivity index is 1.71. The summed E-state index contributed by atoms with van der Waals surface area (Å²) in [6.45, 7) is 2.10. The quantitative estimate of drug-likeness (QED) is 0.911. The molecule has 1 fully saturated rings. The van der Waals surface area contributed by atoms with E-state index in [2.05, 4.69) is 14.6 Å². The Morgan fingerprint density at radius 3 is 2.70 bits per heavy atom. The number of pyridine rings is 1. The number of halogens is 1. The van der Waals surface area contributed by atoms with Gasteiger partial charge < -0.3 is 4.90 Å². The van der Waals surface area contributed by atoms with Crippen molar-refractivity contribution >= 4 is 15.8 Å². The first-order valence-electron chi connectivity index (χ1n) is 7.50. The van der Waals surface area contributed by atoms with Crippen molar-refractivity contribution in [2.45, 2.75) is 24.3 Å². The molecule has 0 unspecified atom stereocenters. The van der Waals surface area contributed by atoms with E-state index >= 15 is 0 Å². The predicted octanol–water partition coefficient (Wildman–Crippen LogP) is 2.30. The maximum atomic E-state index is 13.2. The molecule has 0 amide bonds. The molecular formula is C16H18FN3O2S. The summed E-state index contributed by atoms with van der Waals surface area (Å²) in [5, 5.41) is 0. The van der Waals surface area contributed by atoms with Gasteiger partial charge in [0.15, 0.2) is 0 Å².